The van der Waals surface area contributed by atoms with Crippen molar-refractivity contribution in [2.24, 2.45) is 0 Å². The normalized spacial score (nSPS) is 20.7. The Morgan fingerprint density at radius 2 is 2.10 bits per heavy atom. The van der Waals surface area contributed by atoms with Gasteiger partial charge in [0.15, 0.2) is 0 Å². The Balaban J connectivity index is 2.06. The molecule has 0 spiro atoms. The van der Waals surface area contributed by atoms with Crippen molar-refractivity contribution in [1.82, 2.24) is 0 Å². The number of carbonyl (C=O) groups excluding carboxylic acids is 1. The summed E-state index contributed by atoms with van der Waals surface area (Å²) in [5, 5.41) is 4.98. The minimum Gasteiger partial charge on any atom is -0.326 e. The van der Waals surface area contributed by atoms with E-state index in [1.807, 2.05) is 36.0 Å². The number of nitrogens with one attached hydrogen (secondary N) is 1. The van der Waals surface area contributed by atoms with Gasteiger partial charge in [-0.05, 0) is 41.2 Å². The highest BCUT2D eigenvalue weighted by molar-refractivity contribution is 8.03. The van der Waals surface area contributed by atoms with Crippen LogP contribution in [-0.4, -0.2) is 18.2 Å². The third kappa shape index (κ3) is 6.02. The topological polar surface area (TPSA) is 45.7 Å². The summed E-state index contributed by atoms with van der Waals surface area (Å²) in [7, 11) is 0. The molecule has 1 aliphatic rings. The van der Waals surface area contributed by atoms with Crippen LogP contribution >= 0.6 is 11.8 Å². The van der Waals surface area contributed by atoms with Gasteiger partial charge in [0.1, 0.15) is 0 Å². The van der Waals surface area contributed by atoms with Crippen molar-refractivity contribution in [2.75, 3.05) is 17.6 Å². The smallest absolute Gasteiger partial charge is 0.221 e. The molecule has 0 atom stereocenters. The van der Waals surface area contributed by atoms with E-state index < -0.39 is 0 Å². The van der Waals surface area contributed by atoms with Crippen molar-refractivity contribution in [3.05, 3.63) is 59.2 Å². The van der Waals surface area contributed by atoms with Crippen molar-refractivity contribution >= 4 is 29.4 Å². The lowest BCUT2D eigenvalue weighted by Crippen LogP contribution is -2.78. The van der Waals surface area contributed by atoms with E-state index in [4.69, 9.17) is 0 Å². The van der Waals surface area contributed by atoms with Crippen molar-refractivity contribution in [2.45, 2.75) is 13.3 Å². The third-order valence-corrected chi connectivity index (χ3v) is 4.04. The van der Waals surface area contributed by atoms with Crippen molar-refractivity contribution in [3.8, 4) is 0 Å². The van der Waals surface area contributed by atoms with E-state index in [0.29, 0.717) is 0 Å². The molecule has 110 valence electrons. The molecule has 0 fully saturated rings. The molecule has 1 aromatic carbocycles. The van der Waals surface area contributed by atoms with E-state index >= 15 is 0 Å². The molecule has 1 aliphatic heterocycles. The molecule has 0 aliphatic carbocycles. The molecule has 1 heterocycles. The Hall–Kier alpha value is -1.78. The van der Waals surface area contributed by atoms with Gasteiger partial charge in [-0.15, -0.1) is 11.8 Å². The molecule has 1 amide bonds. The molecule has 1 aromatic rings. The van der Waals surface area contributed by atoms with Gasteiger partial charge in [0.05, 0.1) is 12.7 Å². The molecule has 0 bridgehead atoms. The predicted molar refractivity (Wildman–Crippen MR) is 90.9 cm³/mol. The maximum absolute atomic E-state index is 11.0. The number of anilines is 1. The van der Waals surface area contributed by atoms with E-state index in [9.17, 15) is 4.79 Å². The van der Waals surface area contributed by atoms with E-state index in [-0.39, 0.29) is 5.91 Å². The van der Waals surface area contributed by atoms with Crippen LogP contribution in [0.5, 0.6) is 0 Å². The quantitative estimate of drug-likeness (QED) is 0.882. The molecule has 4 heteroatoms. The van der Waals surface area contributed by atoms with Crippen LogP contribution < -0.4 is 10.6 Å². The van der Waals surface area contributed by atoms with Crippen molar-refractivity contribution in [3.63, 3.8) is 0 Å². The molecule has 0 saturated carbocycles. The molecule has 3 nitrogen and oxygen atoms in total. The Bertz CT molecular complexity index is 559. The Morgan fingerprint density at radius 3 is 2.86 bits per heavy atom. The van der Waals surface area contributed by atoms with Gasteiger partial charge in [-0.25, -0.2) is 0 Å². The van der Waals surface area contributed by atoms with Crippen LogP contribution in [0.3, 0.4) is 0 Å². The number of thioether (sulfide) groups is 1. The highest BCUT2D eigenvalue weighted by Gasteiger charge is 2.01. The predicted octanol–water partition coefficient (Wildman–Crippen LogP) is 2.76. The van der Waals surface area contributed by atoms with Crippen LogP contribution in [0, 0.1) is 0 Å². The maximum atomic E-state index is 11.0. The van der Waals surface area contributed by atoms with Crippen molar-refractivity contribution < 1.29 is 10.1 Å². The zero-order valence-electron chi connectivity index (χ0n) is 12.2. The summed E-state index contributed by atoms with van der Waals surface area (Å²) in [6.45, 7) is 2.61. The lowest BCUT2D eigenvalue weighted by atomic mass is 10.1. The number of amides is 1. The number of allylic oxidation sites excluding steroid dienone is 4. The number of rotatable bonds is 2. The molecule has 0 radical (unpaired) electrons. The second-order valence-corrected chi connectivity index (χ2v) is 6.03. The van der Waals surface area contributed by atoms with Crippen LogP contribution in [0.4, 0.5) is 5.69 Å². The molecule has 2 rings (SSSR count). The van der Waals surface area contributed by atoms with Gasteiger partial charge in [-0.3, -0.25) is 4.79 Å². The largest absolute Gasteiger partial charge is 0.326 e. The van der Waals surface area contributed by atoms with Gasteiger partial charge in [-0.1, -0.05) is 24.3 Å². The standard InChI is InChI=1S/C17H20N2OS/c1-14(20)19-16-8-6-15(7-9-16)13-17-5-3-2-4-10-18-11-12-21-17/h2-4,6-10,13,18H,5,11-12H2,1H3,(H,19,20)/p+1/b3-2-,10-4-,17-13-. The average molecular weight is 301 g/mol. The SMILES string of the molecule is CC(=O)Nc1ccc(/C=C2/C/C=C\C=C/[NH2+]CCS2)cc1. The van der Waals surface area contributed by atoms with Crippen LogP contribution in [0.15, 0.2) is 53.6 Å². The summed E-state index contributed by atoms with van der Waals surface area (Å²) in [6.07, 6.45) is 11.6. The molecule has 0 unspecified atom stereocenters. The second kappa shape index (κ2) is 8.49. The summed E-state index contributed by atoms with van der Waals surface area (Å²) in [5.74, 6) is 1.06. The fourth-order valence-corrected chi connectivity index (χ4v) is 2.92. The Labute approximate surface area is 130 Å². The summed E-state index contributed by atoms with van der Waals surface area (Å²) in [4.78, 5) is 12.4. The molecule has 21 heavy (non-hydrogen) atoms. The summed E-state index contributed by atoms with van der Waals surface area (Å²) in [5.41, 5.74) is 2.00. The number of nitrogens with two attached hydrogens (primary N) is 1. The first-order valence-corrected chi connectivity index (χ1v) is 8.08. The Morgan fingerprint density at radius 1 is 1.29 bits per heavy atom. The molecule has 0 aromatic heterocycles. The molecular weight excluding hydrogens is 280 g/mol. The van der Waals surface area contributed by atoms with Crippen LogP contribution in [0.1, 0.15) is 18.9 Å². The van der Waals surface area contributed by atoms with E-state index in [2.05, 4.69) is 41.1 Å². The first kappa shape index (κ1) is 15.6. The first-order valence-electron chi connectivity index (χ1n) is 7.10. The molecule has 3 N–H and O–H groups in total. The lowest BCUT2D eigenvalue weighted by Gasteiger charge is -2.06. The second-order valence-electron chi connectivity index (χ2n) is 4.80. The zero-order chi connectivity index (χ0) is 14.9. The monoisotopic (exact) mass is 301 g/mol. The number of carbonyl (C=O) groups is 1. The highest BCUT2D eigenvalue weighted by Crippen LogP contribution is 2.23. The first-order chi connectivity index (χ1) is 10.2. The maximum Gasteiger partial charge on any atom is 0.221 e. The highest BCUT2D eigenvalue weighted by atomic mass is 32.2. The van der Waals surface area contributed by atoms with Crippen LogP contribution in [0.25, 0.3) is 6.08 Å². The summed E-state index contributed by atoms with van der Waals surface area (Å²) >= 11 is 1.90. The van der Waals surface area contributed by atoms with Gasteiger partial charge >= 0.3 is 0 Å². The summed E-state index contributed by atoms with van der Waals surface area (Å²) < 4.78 is 0. The van der Waals surface area contributed by atoms with Crippen LogP contribution in [0.2, 0.25) is 0 Å². The molecular formula is C17H21N2OS+. The lowest BCUT2D eigenvalue weighted by molar-refractivity contribution is -0.583. The fraction of sp³-hybridized carbons (Fsp3) is 0.235. The van der Waals surface area contributed by atoms with Crippen LogP contribution in [-0.2, 0) is 4.79 Å². The van der Waals surface area contributed by atoms with E-state index in [1.54, 1.807) is 0 Å². The van der Waals surface area contributed by atoms with Crippen molar-refractivity contribution in [1.29, 1.82) is 0 Å². The number of quaternary nitrogens is 1. The number of hydrogen-bond donors (Lipinski definition) is 2. The van der Waals surface area contributed by atoms with Gasteiger partial charge in [0.2, 0.25) is 5.91 Å². The number of benzene rings is 1. The Kier molecular flexibility index (Phi) is 6.31. The minimum absolute atomic E-state index is 0.0431. The van der Waals surface area contributed by atoms with Gasteiger partial charge in [0, 0.05) is 18.4 Å². The third-order valence-electron chi connectivity index (χ3n) is 2.94. The minimum atomic E-state index is -0.0431. The van der Waals surface area contributed by atoms with Gasteiger partial charge in [-0.2, -0.15) is 0 Å². The van der Waals surface area contributed by atoms with Gasteiger partial charge in [0.25, 0.3) is 0 Å². The van der Waals surface area contributed by atoms with Gasteiger partial charge < -0.3 is 10.6 Å². The molecule has 0 saturated heterocycles. The van der Waals surface area contributed by atoms with E-state index in [0.717, 1.165) is 30.0 Å². The zero-order valence-corrected chi connectivity index (χ0v) is 13.0. The van der Waals surface area contributed by atoms with E-state index in [1.165, 1.54) is 11.8 Å². The number of hydrogen-bond acceptors (Lipinski definition) is 2. The summed E-state index contributed by atoms with van der Waals surface area (Å²) in [6, 6.07) is 7.94. The fourth-order valence-electron chi connectivity index (χ4n) is 1.97. The average Bonchev–Trinajstić information content (AvgIpc) is 2.47.